The smallest absolute Gasteiger partial charge is 0.252 e. The van der Waals surface area contributed by atoms with Gasteiger partial charge in [0.25, 0.3) is 5.91 Å². The molecule has 2 aromatic heterocycles. The standard InChI is InChI=1S/C15H23N5O.2ClH/c1-10(2)20-14-13(9-18-20)12(8-11(3)19-14)15(21)17-7-5-6-16-4;;/h8-10,16H,5-7H2,1-4H3,(H,17,21);2*1H. The van der Waals surface area contributed by atoms with E-state index in [-0.39, 0.29) is 36.8 Å². The van der Waals surface area contributed by atoms with E-state index in [0.717, 1.165) is 29.7 Å². The zero-order valence-corrected chi connectivity index (χ0v) is 15.6. The van der Waals surface area contributed by atoms with Crippen molar-refractivity contribution in [3.63, 3.8) is 0 Å². The average Bonchev–Trinajstić information content (AvgIpc) is 2.86. The van der Waals surface area contributed by atoms with Crippen molar-refractivity contribution in [1.82, 2.24) is 25.4 Å². The Morgan fingerprint density at radius 2 is 2.00 bits per heavy atom. The fraction of sp³-hybridized carbons (Fsp3) is 0.533. The highest BCUT2D eigenvalue weighted by molar-refractivity contribution is 6.05. The Balaban J connectivity index is 0.00000242. The molecular formula is C15H25Cl2N5O. The molecule has 0 aliphatic carbocycles. The van der Waals surface area contributed by atoms with Gasteiger partial charge in [0.05, 0.1) is 17.1 Å². The molecular weight excluding hydrogens is 337 g/mol. The lowest BCUT2D eigenvalue weighted by atomic mass is 10.1. The van der Waals surface area contributed by atoms with Crippen molar-refractivity contribution in [2.45, 2.75) is 33.2 Å². The second kappa shape index (κ2) is 9.70. The van der Waals surface area contributed by atoms with E-state index in [2.05, 4.69) is 20.7 Å². The number of amides is 1. The number of fused-ring (bicyclic) bond motifs is 1. The topological polar surface area (TPSA) is 71.8 Å². The van der Waals surface area contributed by atoms with Crippen molar-refractivity contribution < 1.29 is 4.79 Å². The van der Waals surface area contributed by atoms with Crippen LogP contribution in [0.5, 0.6) is 0 Å². The van der Waals surface area contributed by atoms with Crippen LogP contribution in [-0.4, -0.2) is 40.8 Å². The first kappa shape index (κ1) is 21.6. The summed E-state index contributed by atoms with van der Waals surface area (Å²) in [5.74, 6) is -0.0649. The zero-order chi connectivity index (χ0) is 15.4. The van der Waals surface area contributed by atoms with Crippen molar-refractivity contribution in [1.29, 1.82) is 0 Å². The summed E-state index contributed by atoms with van der Waals surface area (Å²) in [6.07, 6.45) is 2.63. The highest BCUT2D eigenvalue weighted by Gasteiger charge is 2.16. The Labute approximate surface area is 149 Å². The third-order valence-corrected chi connectivity index (χ3v) is 3.32. The fourth-order valence-electron chi connectivity index (χ4n) is 2.27. The second-order valence-electron chi connectivity index (χ2n) is 5.44. The third kappa shape index (κ3) is 5.06. The van der Waals surface area contributed by atoms with Crippen LogP contribution in [-0.2, 0) is 0 Å². The van der Waals surface area contributed by atoms with Gasteiger partial charge in [0, 0.05) is 18.3 Å². The van der Waals surface area contributed by atoms with Gasteiger partial charge in [-0.3, -0.25) is 4.79 Å². The van der Waals surface area contributed by atoms with Crippen LogP contribution in [0.4, 0.5) is 0 Å². The van der Waals surface area contributed by atoms with Gasteiger partial charge in [-0.2, -0.15) is 5.10 Å². The maximum atomic E-state index is 12.4. The molecule has 0 aromatic carbocycles. The number of halogens is 2. The minimum absolute atomic E-state index is 0. The van der Waals surface area contributed by atoms with E-state index < -0.39 is 0 Å². The van der Waals surface area contributed by atoms with Crippen molar-refractivity contribution in [2.24, 2.45) is 0 Å². The Hall–Kier alpha value is -1.37. The van der Waals surface area contributed by atoms with Crippen LogP contribution >= 0.6 is 24.8 Å². The van der Waals surface area contributed by atoms with E-state index in [0.29, 0.717) is 12.1 Å². The van der Waals surface area contributed by atoms with E-state index in [9.17, 15) is 4.79 Å². The summed E-state index contributed by atoms with van der Waals surface area (Å²) < 4.78 is 1.85. The van der Waals surface area contributed by atoms with E-state index in [1.807, 2.05) is 38.6 Å². The number of rotatable bonds is 6. The molecule has 2 rings (SSSR count). The highest BCUT2D eigenvalue weighted by Crippen LogP contribution is 2.20. The van der Waals surface area contributed by atoms with Gasteiger partial charge in [-0.1, -0.05) is 0 Å². The van der Waals surface area contributed by atoms with Gasteiger partial charge in [0.1, 0.15) is 0 Å². The molecule has 8 heteroatoms. The average molecular weight is 362 g/mol. The van der Waals surface area contributed by atoms with Crippen molar-refractivity contribution in [3.8, 4) is 0 Å². The number of nitrogens with one attached hydrogen (secondary N) is 2. The first-order chi connectivity index (χ1) is 10.0. The van der Waals surface area contributed by atoms with Gasteiger partial charge in [0.15, 0.2) is 5.65 Å². The Morgan fingerprint density at radius 3 is 2.61 bits per heavy atom. The van der Waals surface area contributed by atoms with Gasteiger partial charge in [-0.25, -0.2) is 9.67 Å². The van der Waals surface area contributed by atoms with E-state index in [1.165, 1.54) is 0 Å². The lowest BCUT2D eigenvalue weighted by molar-refractivity contribution is 0.0955. The lowest BCUT2D eigenvalue weighted by Crippen LogP contribution is -2.26. The molecule has 1 amide bonds. The number of pyridine rings is 1. The van der Waals surface area contributed by atoms with E-state index in [1.54, 1.807) is 6.20 Å². The molecule has 0 aliphatic rings. The SMILES string of the molecule is CNCCCNC(=O)c1cc(C)nc2c1cnn2C(C)C.Cl.Cl. The summed E-state index contributed by atoms with van der Waals surface area (Å²) in [4.78, 5) is 16.9. The molecule has 0 spiro atoms. The third-order valence-electron chi connectivity index (χ3n) is 3.32. The van der Waals surface area contributed by atoms with Crippen LogP contribution in [0, 0.1) is 6.92 Å². The minimum atomic E-state index is -0.0649. The number of carbonyl (C=O) groups is 1. The van der Waals surface area contributed by atoms with Crippen LogP contribution in [0.15, 0.2) is 12.3 Å². The zero-order valence-electron chi connectivity index (χ0n) is 13.9. The van der Waals surface area contributed by atoms with Crippen LogP contribution in [0.1, 0.15) is 42.4 Å². The summed E-state index contributed by atoms with van der Waals surface area (Å²) in [5.41, 5.74) is 2.24. The molecule has 0 atom stereocenters. The molecule has 6 nitrogen and oxygen atoms in total. The number of aromatic nitrogens is 3. The largest absolute Gasteiger partial charge is 0.352 e. The van der Waals surface area contributed by atoms with Crippen molar-refractivity contribution >= 4 is 41.8 Å². The first-order valence-corrected chi connectivity index (χ1v) is 7.32. The summed E-state index contributed by atoms with van der Waals surface area (Å²) in [5, 5.41) is 11.2. The number of hydrogen-bond donors (Lipinski definition) is 2. The highest BCUT2D eigenvalue weighted by atomic mass is 35.5. The molecule has 23 heavy (non-hydrogen) atoms. The lowest BCUT2D eigenvalue weighted by Gasteiger charge is -2.09. The minimum Gasteiger partial charge on any atom is -0.352 e. The molecule has 2 heterocycles. The molecule has 0 radical (unpaired) electrons. The van der Waals surface area contributed by atoms with E-state index in [4.69, 9.17) is 0 Å². The van der Waals surface area contributed by atoms with Crippen molar-refractivity contribution in [2.75, 3.05) is 20.1 Å². The van der Waals surface area contributed by atoms with E-state index >= 15 is 0 Å². The van der Waals surface area contributed by atoms with Crippen LogP contribution in [0.25, 0.3) is 11.0 Å². The predicted octanol–water partition coefficient (Wildman–Crippen LogP) is 2.50. The fourth-order valence-corrected chi connectivity index (χ4v) is 2.27. The monoisotopic (exact) mass is 361 g/mol. The van der Waals surface area contributed by atoms with Gasteiger partial charge in [-0.05, 0) is 46.9 Å². The Morgan fingerprint density at radius 1 is 1.30 bits per heavy atom. The van der Waals surface area contributed by atoms with Gasteiger partial charge < -0.3 is 10.6 Å². The summed E-state index contributed by atoms with van der Waals surface area (Å²) in [6.45, 7) is 7.54. The van der Waals surface area contributed by atoms with Gasteiger partial charge >= 0.3 is 0 Å². The molecule has 2 N–H and O–H groups in total. The maximum absolute atomic E-state index is 12.4. The maximum Gasteiger partial charge on any atom is 0.252 e. The normalized spacial score (nSPS) is 10.3. The summed E-state index contributed by atoms with van der Waals surface area (Å²) in [7, 11) is 1.90. The molecule has 2 aromatic rings. The van der Waals surface area contributed by atoms with Crippen molar-refractivity contribution in [3.05, 3.63) is 23.5 Å². The number of aryl methyl sites for hydroxylation is 1. The molecule has 0 saturated heterocycles. The number of carbonyl (C=O) groups excluding carboxylic acids is 1. The Bertz CT molecular complexity index is 642. The van der Waals surface area contributed by atoms with Gasteiger partial charge in [-0.15, -0.1) is 24.8 Å². The molecule has 130 valence electrons. The summed E-state index contributed by atoms with van der Waals surface area (Å²) in [6, 6.07) is 2.03. The number of hydrogen-bond acceptors (Lipinski definition) is 4. The predicted molar refractivity (Wildman–Crippen MR) is 98.0 cm³/mol. The second-order valence-corrected chi connectivity index (χ2v) is 5.44. The summed E-state index contributed by atoms with van der Waals surface area (Å²) >= 11 is 0. The molecule has 0 fully saturated rings. The first-order valence-electron chi connectivity index (χ1n) is 7.32. The molecule has 0 aliphatic heterocycles. The molecule has 0 unspecified atom stereocenters. The quantitative estimate of drug-likeness (QED) is 0.775. The molecule has 0 bridgehead atoms. The van der Waals surface area contributed by atoms with Crippen LogP contribution < -0.4 is 10.6 Å². The van der Waals surface area contributed by atoms with Crippen LogP contribution in [0.2, 0.25) is 0 Å². The van der Waals surface area contributed by atoms with Crippen LogP contribution in [0.3, 0.4) is 0 Å². The number of nitrogens with zero attached hydrogens (tertiary/aromatic N) is 3. The Kier molecular flexibility index (Phi) is 9.12. The van der Waals surface area contributed by atoms with Gasteiger partial charge in [0.2, 0.25) is 0 Å². The molecule has 0 saturated carbocycles.